The van der Waals surface area contributed by atoms with Crippen molar-refractivity contribution < 1.29 is 17.7 Å². The van der Waals surface area contributed by atoms with Gasteiger partial charge in [0.05, 0.1) is 0 Å². The van der Waals surface area contributed by atoms with Crippen LogP contribution in [0.25, 0.3) is 0 Å². The summed E-state index contributed by atoms with van der Waals surface area (Å²) in [6.45, 7) is 6.68. The molecule has 0 saturated carbocycles. The number of rotatable bonds is 20. The minimum Gasteiger partial charge on any atom is -0.377 e. The van der Waals surface area contributed by atoms with Gasteiger partial charge in [-0.25, -0.2) is 4.39 Å². The summed E-state index contributed by atoms with van der Waals surface area (Å²) in [5.74, 6) is 0. The fourth-order valence-corrected chi connectivity index (χ4v) is 5.17. The molecule has 29 heavy (non-hydrogen) atoms. The van der Waals surface area contributed by atoms with E-state index in [-0.39, 0.29) is 0 Å². The zero-order chi connectivity index (χ0) is 22.2. The molecule has 0 N–H and O–H groups in total. The van der Waals surface area contributed by atoms with Crippen LogP contribution in [0.1, 0.15) is 124 Å². The summed E-state index contributed by atoms with van der Waals surface area (Å²) in [4.78, 5) is 0. The fourth-order valence-electron chi connectivity index (χ4n) is 3.39. The Balaban J connectivity index is 0. The SMILES string of the molecule is CCCCCC(F)CC[Si](OC)(OC)OC.CCCCCCCCCCCCC. The normalized spacial score (nSPS) is 12.5. The first-order valence-electron chi connectivity index (χ1n) is 12.3. The molecular weight excluding hydrogens is 383 g/mol. The molecule has 0 radical (unpaired) electrons. The summed E-state index contributed by atoms with van der Waals surface area (Å²) < 4.78 is 29.2. The molecule has 0 aliphatic heterocycles. The molecule has 0 rings (SSSR count). The van der Waals surface area contributed by atoms with Gasteiger partial charge in [-0.1, -0.05) is 111 Å². The summed E-state index contributed by atoms with van der Waals surface area (Å²) in [7, 11) is 2.11. The number of halogens is 1. The molecule has 0 bridgehead atoms. The van der Waals surface area contributed by atoms with Gasteiger partial charge >= 0.3 is 8.80 Å². The first-order valence-corrected chi connectivity index (χ1v) is 14.3. The molecule has 0 aromatic carbocycles. The van der Waals surface area contributed by atoms with E-state index in [9.17, 15) is 4.39 Å². The van der Waals surface area contributed by atoms with Crippen LogP contribution in [0.15, 0.2) is 0 Å². The Morgan fingerprint density at radius 1 is 0.552 bits per heavy atom. The lowest BCUT2D eigenvalue weighted by molar-refractivity contribution is 0.119. The summed E-state index contributed by atoms with van der Waals surface area (Å²) in [6.07, 6.45) is 19.4. The molecule has 1 unspecified atom stereocenters. The van der Waals surface area contributed by atoms with Crippen LogP contribution in [0.5, 0.6) is 0 Å². The molecule has 0 amide bonds. The van der Waals surface area contributed by atoms with Crippen molar-refractivity contribution in [1.29, 1.82) is 0 Å². The van der Waals surface area contributed by atoms with Gasteiger partial charge in [0.2, 0.25) is 0 Å². The Morgan fingerprint density at radius 2 is 0.897 bits per heavy atom. The predicted molar refractivity (Wildman–Crippen MR) is 127 cm³/mol. The van der Waals surface area contributed by atoms with Gasteiger partial charge in [-0.2, -0.15) is 0 Å². The number of alkyl halides is 1. The van der Waals surface area contributed by atoms with Crippen molar-refractivity contribution in [3.8, 4) is 0 Å². The van der Waals surface area contributed by atoms with Gasteiger partial charge in [0.1, 0.15) is 6.17 Å². The first-order chi connectivity index (χ1) is 14.1. The summed E-state index contributed by atoms with van der Waals surface area (Å²) in [6, 6.07) is 0.545. The third-order valence-corrected chi connectivity index (χ3v) is 8.29. The van der Waals surface area contributed by atoms with E-state index in [0.717, 1.165) is 19.3 Å². The molecule has 0 saturated heterocycles. The highest BCUT2D eigenvalue weighted by atomic mass is 28.4. The topological polar surface area (TPSA) is 27.7 Å². The second-order valence-corrected chi connectivity index (χ2v) is 11.2. The smallest absolute Gasteiger partial charge is 0.377 e. The van der Waals surface area contributed by atoms with Crippen molar-refractivity contribution in [3.05, 3.63) is 0 Å². The Hall–Kier alpha value is 0.0269. The molecule has 0 aliphatic carbocycles. The molecule has 0 aliphatic rings. The molecule has 3 nitrogen and oxygen atoms in total. The molecule has 0 aromatic heterocycles. The van der Waals surface area contributed by atoms with Crippen LogP contribution in [0, 0.1) is 0 Å². The van der Waals surface area contributed by atoms with Crippen LogP contribution in [-0.2, 0) is 13.3 Å². The van der Waals surface area contributed by atoms with Crippen LogP contribution in [0.2, 0.25) is 6.04 Å². The van der Waals surface area contributed by atoms with Gasteiger partial charge in [-0.15, -0.1) is 0 Å². The van der Waals surface area contributed by atoms with E-state index in [0.29, 0.717) is 18.9 Å². The van der Waals surface area contributed by atoms with Crippen LogP contribution in [0.3, 0.4) is 0 Å². The van der Waals surface area contributed by atoms with Crippen LogP contribution in [0.4, 0.5) is 4.39 Å². The van der Waals surface area contributed by atoms with Crippen LogP contribution >= 0.6 is 0 Å². The minimum atomic E-state index is -2.57. The Morgan fingerprint density at radius 3 is 1.24 bits per heavy atom. The average molecular weight is 437 g/mol. The van der Waals surface area contributed by atoms with Gasteiger partial charge in [0.25, 0.3) is 0 Å². The van der Waals surface area contributed by atoms with Crippen LogP contribution < -0.4 is 0 Å². The molecular formula is C24H53FO3Si. The molecule has 0 aromatic rings. The highest BCUT2D eigenvalue weighted by Gasteiger charge is 2.37. The molecule has 178 valence electrons. The maximum absolute atomic E-state index is 13.5. The maximum atomic E-state index is 13.5. The number of unbranched alkanes of at least 4 members (excludes halogenated alkanes) is 12. The van der Waals surface area contributed by atoms with E-state index in [1.54, 1.807) is 21.3 Å². The minimum absolute atomic E-state index is 0.464. The van der Waals surface area contributed by atoms with E-state index in [4.69, 9.17) is 13.3 Å². The Bertz CT molecular complexity index is 284. The molecule has 5 heteroatoms. The van der Waals surface area contributed by atoms with Gasteiger partial charge < -0.3 is 13.3 Å². The van der Waals surface area contributed by atoms with Crippen molar-refractivity contribution in [3.63, 3.8) is 0 Å². The molecule has 0 fully saturated rings. The summed E-state index contributed by atoms with van der Waals surface area (Å²) in [5.41, 5.74) is 0. The van der Waals surface area contributed by atoms with Gasteiger partial charge in [-0.3, -0.25) is 0 Å². The summed E-state index contributed by atoms with van der Waals surface area (Å²) >= 11 is 0. The zero-order valence-electron chi connectivity index (χ0n) is 20.7. The van der Waals surface area contributed by atoms with E-state index in [2.05, 4.69) is 20.8 Å². The van der Waals surface area contributed by atoms with E-state index in [1.807, 2.05) is 0 Å². The van der Waals surface area contributed by atoms with Crippen molar-refractivity contribution in [2.75, 3.05) is 21.3 Å². The van der Waals surface area contributed by atoms with Gasteiger partial charge in [-0.05, 0) is 12.8 Å². The van der Waals surface area contributed by atoms with Crippen molar-refractivity contribution in [2.24, 2.45) is 0 Å². The third kappa shape index (κ3) is 21.1. The van der Waals surface area contributed by atoms with Gasteiger partial charge in [0.15, 0.2) is 0 Å². The van der Waals surface area contributed by atoms with Gasteiger partial charge in [0, 0.05) is 27.4 Å². The lowest BCUT2D eigenvalue weighted by Gasteiger charge is -2.24. The molecule has 1 atom stereocenters. The lowest BCUT2D eigenvalue weighted by Crippen LogP contribution is -2.43. The number of hydrogen-bond donors (Lipinski definition) is 0. The largest absolute Gasteiger partial charge is 0.500 e. The monoisotopic (exact) mass is 436 g/mol. The standard InChI is InChI=1S/C13H28.C11H25FO3Si/c1-3-5-7-9-11-13-12-10-8-6-4-2;1-5-6-7-8-11(12)9-10-16(13-2,14-3)15-4/h3-13H2,1-2H3;11H,5-10H2,1-4H3. The van der Waals surface area contributed by atoms with E-state index >= 15 is 0 Å². The maximum Gasteiger partial charge on any atom is 0.500 e. The first kappa shape index (κ1) is 31.2. The third-order valence-electron chi connectivity index (χ3n) is 5.52. The highest BCUT2D eigenvalue weighted by molar-refractivity contribution is 6.60. The second-order valence-electron chi connectivity index (χ2n) is 8.11. The second kappa shape index (κ2) is 24.3. The van der Waals surface area contributed by atoms with Crippen molar-refractivity contribution in [1.82, 2.24) is 0 Å². The Kier molecular flexibility index (Phi) is 26.2. The number of hydrogen-bond acceptors (Lipinski definition) is 3. The predicted octanol–water partition coefficient (Wildman–Crippen LogP) is 8.49. The zero-order valence-corrected chi connectivity index (χ0v) is 21.7. The average Bonchev–Trinajstić information content (AvgIpc) is 2.75. The van der Waals surface area contributed by atoms with E-state index in [1.165, 1.54) is 70.6 Å². The quantitative estimate of drug-likeness (QED) is 0.141. The fraction of sp³-hybridized carbons (Fsp3) is 1.00. The summed E-state index contributed by atoms with van der Waals surface area (Å²) in [5, 5.41) is 0. The highest BCUT2D eigenvalue weighted by Crippen LogP contribution is 2.20. The molecule has 0 spiro atoms. The van der Waals surface area contributed by atoms with Crippen LogP contribution in [-0.4, -0.2) is 36.3 Å². The van der Waals surface area contributed by atoms with Crippen molar-refractivity contribution >= 4 is 8.80 Å². The molecule has 0 heterocycles. The van der Waals surface area contributed by atoms with Crippen molar-refractivity contribution in [2.45, 2.75) is 136 Å². The Labute approximate surface area is 183 Å². The van der Waals surface area contributed by atoms with E-state index < -0.39 is 15.0 Å². The lowest BCUT2D eigenvalue weighted by atomic mass is 10.1.